The Kier molecular flexibility index (Phi) is 4.45. The maximum absolute atomic E-state index is 5.81. The Bertz CT molecular complexity index is 569. The normalized spacial score (nSPS) is 12.1. The molecule has 0 aliphatic carbocycles. The summed E-state index contributed by atoms with van der Waals surface area (Å²) in [4.78, 5) is 7.00. The molecule has 2 aromatic rings. The molecule has 0 radical (unpaired) electrons. The van der Waals surface area contributed by atoms with Crippen LogP contribution in [0.25, 0.3) is 0 Å². The highest BCUT2D eigenvalue weighted by Crippen LogP contribution is 2.24. The number of aromatic nitrogens is 1. The molecule has 1 heterocycles. The molecule has 0 aliphatic rings. The van der Waals surface area contributed by atoms with E-state index >= 15 is 0 Å². The summed E-state index contributed by atoms with van der Waals surface area (Å²) in [5.74, 6) is 0. The van der Waals surface area contributed by atoms with Gasteiger partial charge in [0, 0.05) is 23.0 Å². The second-order valence-electron chi connectivity index (χ2n) is 6.29. The number of thiazole rings is 1. The highest BCUT2D eigenvalue weighted by Gasteiger charge is 2.17. The predicted octanol–water partition coefficient (Wildman–Crippen LogP) is 3.65. The lowest BCUT2D eigenvalue weighted by Crippen LogP contribution is -2.18. The average molecular weight is 289 g/mol. The highest BCUT2D eigenvalue weighted by atomic mass is 32.1. The SMILES string of the molecule is CN(Cc1cccc(N)c1)Cc1nc(C(C)(C)C)cs1. The van der Waals surface area contributed by atoms with E-state index in [0.29, 0.717) is 0 Å². The Morgan fingerprint density at radius 1 is 1.25 bits per heavy atom. The van der Waals surface area contributed by atoms with Gasteiger partial charge in [0.1, 0.15) is 5.01 Å². The van der Waals surface area contributed by atoms with Crippen LogP contribution in [0, 0.1) is 0 Å². The van der Waals surface area contributed by atoms with Gasteiger partial charge in [-0.3, -0.25) is 4.90 Å². The first-order chi connectivity index (χ1) is 9.34. The molecule has 2 N–H and O–H groups in total. The van der Waals surface area contributed by atoms with Crippen molar-refractivity contribution in [3.8, 4) is 0 Å². The molecule has 0 fully saturated rings. The Morgan fingerprint density at radius 3 is 2.60 bits per heavy atom. The van der Waals surface area contributed by atoms with E-state index in [-0.39, 0.29) is 5.41 Å². The Balaban J connectivity index is 1.98. The van der Waals surface area contributed by atoms with Gasteiger partial charge in [-0.1, -0.05) is 32.9 Å². The third kappa shape index (κ3) is 4.05. The molecule has 0 bridgehead atoms. The van der Waals surface area contributed by atoms with Gasteiger partial charge in [0.05, 0.1) is 12.2 Å². The van der Waals surface area contributed by atoms with E-state index in [1.54, 1.807) is 11.3 Å². The number of nitrogens with zero attached hydrogens (tertiary/aromatic N) is 2. The van der Waals surface area contributed by atoms with Crippen LogP contribution in [0.4, 0.5) is 5.69 Å². The molecule has 0 aliphatic heterocycles. The number of benzene rings is 1. The van der Waals surface area contributed by atoms with Crippen LogP contribution in [-0.2, 0) is 18.5 Å². The minimum Gasteiger partial charge on any atom is -0.399 e. The Morgan fingerprint density at radius 2 is 2.00 bits per heavy atom. The predicted molar refractivity (Wildman–Crippen MR) is 86.8 cm³/mol. The third-order valence-electron chi connectivity index (χ3n) is 3.13. The summed E-state index contributed by atoms with van der Waals surface area (Å²) in [5.41, 5.74) is 9.17. The highest BCUT2D eigenvalue weighted by molar-refractivity contribution is 7.09. The first-order valence-corrected chi connectivity index (χ1v) is 7.70. The lowest BCUT2D eigenvalue weighted by molar-refractivity contribution is 0.318. The van der Waals surface area contributed by atoms with E-state index in [1.807, 2.05) is 18.2 Å². The smallest absolute Gasteiger partial charge is 0.107 e. The molecule has 1 aromatic heterocycles. The van der Waals surface area contributed by atoms with E-state index in [0.717, 1.165) is 18.8 Å². The zero-order chi connectivity index (χ0) is 14.8. The van der Waals surface area contributed by atoms with Crippen LogP contribution in [0.3, 0.4) is 0 Å². The van der Waals surface area contributed by atoms with Crippen LogP contribution in [0.1, 0.15) is 37.0 Å². The molecular weight excluding hydrogens is 266 g/mol. The fourth-order valence-electron chi connectivity index (χ4n) is 2.02. The van der Waals surface area contributed by atoms with Crippen molar-refractivity contribution in [3.63, 3.8) is 0 Å². The summed E-state index contributed by atoms with van der Waals surface area (Å²) in [7, 11) is 2.11. The van der Waals surface area contributed by atoms with Gasteiger partial charge in [-0.15, -0.1) is 11.3 Å². The van der Waals surface area contributed by atoms with Gasteiger partial charge in [-0.25, -0.2) is 4.98 Å². The average Bonchev–Trinajstić information content (AvgIpc) is 2.76. The molecular formula is C16H23N3S. The van der Waals surface area contributed by atoms with Crippen LogP contribution >= 0.6 is 11.3 Å². The fraction of sp³-hybridized carbons (Fsp3) is 0.438. The van der Waals surface area contributed by atoms with Crippen LogP contribution in [0.15, 0.2) is 29.6 Å². The van der Waals surface area contributed by atoms with E-state index in [9.17, 15) is 0 Å². The van der Waals surface area contributed by atoms with E-state index in [1.165, 1.54) is 16.3 Å². The molecule has 0 amide bonds. The minimum absolute atomic E-state index is 0.126. The summed E-state index contributed by atoms with van der Waals surface area (Å²) in [5, 5.41) is 3.34. The summed E-state index contributed by atoms with van der Waals surface area (Å²) in [6.07, 6.45) is 0. The molecule has 0 saturated heterocycles. The standard InChI is InChI=1S/C16H23N3S/c1-16(2,3)14-11-20-15(18-14)10-19(4)9-12-6-5-7-13(17)8-12/h5-8,11H,9-10,17H2,1-4H3. The van der Waals surface area contributed by atoms with Crippen molar-refractivity contribution in [2.24, 2.45) is 0 Å². The zero-order valence-electron chi connectivity index (χ0n) is 12.7. The number of nitrogens with two attached hydrogens (primary N) is 1. The van der Waals surface area contributed by atoms with Gasteiger partial charge in [0.2, 0.25) is 0 Å². The van der Waals surface area contributed by atoms with Crippen LogP contribution in [0.2, 0.25) is 0 Å². The zero-order valence-corrected chi connectivity index (χ0v) is 13.5. The maximum Gasteiger partial charge on any atom is 0.107 e. The van der Waals surface area contributed by atoms with Gasteiger partial charge in [0.25, 0.3) is 0 Å². The largest absolute Gasteiger partial charge is 0.399 e. The fourth-order valence-corrected chi connectivity index (χ4v) is 3.12. The molecule has 0 unspecified atom stereocenters. The van der Waals surface area contributed by atoms with Gasteiger partial charge >= 0.3 is 0 Å². The van der Waals surface area contributed by atoms with Crippen LogP contribution < -0.4 is 5.73 Å². The number of rotatable bonds is 4. The van der Waals surface area contributed by atoms with E-state index in [2.05, 4.69) is 44.2 Å². The minimum atomic E-state index is 0.126. The van der Waals surface area contributed by atoms with Crippen molar-refractivity contribution in [1.29, 1.82) is 0 Å². The van der Waals surface area contributed by atoms with Crippen LogP contribution in [-0.4, -0.2) is 16.9 Å². The number of hydrogen-bond donors (Lipinski definition) is 1. The summed E-state index contributed by atoms with van der Waals surface area (Å²) >= 11 is 1.74. The van der Waals surface area contributed by atoms with Gasteiger partial charge < -0.3 is 5.73 Å². The maximum atomic E-state index is 5.81. The van der Waals surface area contributed by atoms with Gasteiger partial charge in [0.15, 0.2) is 0 Å². The molecule has 108 valence electrons. The van der Waals surface area contributed by atoms with E-state index in [4.69, 9.17) is 10.7 Å². The van der Waals surface area contributed by atoms with Crippen molar-refractivity contribution < 1.29 is 0 Å². The first kappa shape index (κ1) is 15.0. The summed E-state index contributed by atoms with van der Waals surface area (Å²) in [6, 6.07) is 8.05. The first-order valence-electron chi connectivity index (χ1n) is 6.82. The molecule has 2 rings (SSSR count). The lowest BCUT2D eigenvalue weighted by Gasteiger charge is -2.16. The van der Waals surface area contributed by atoms with Crippen molar-refractivity contribution in [3.05, 3.63) is 45.9 Å². The lowest BCUT2D eigenvalue weighted by atomic mass is 9.93. The number of anilines is 1. The molecule has 0 atom stereocenters. The number of nitrogen functional groups attached to an aromatic ring is 1. The Hall–Kier alpha value is -1.39. The molecule has 0 saturated carbocycles. The second-order valence-corrected chi connectivity index (χ2v) is 7.24. The topological polar surface area (TPSA) is 42.1 Å². The number of hydrogen-bond acceptors (Lipinski definition) is 4. The second kappa shape index (κ2) is 5.94. The monoisotopic (exact) mass is 289 g/mol. The van der Waals surface area contributed by atoms with E-state index < -0.39 is 0 Å². The molecule has 1 aromatic carbocycles. The van der Waals surface area contributed by atoms with Gasteiger partial charge in [-0.2, -0.15) is 0 Å². The molecule has 0 spiro atoms. The Labute approximate surface area is 125 Å². The van der Waals surface area contributed by atoms with Crippen molar-refractivity contribution >= 4 is 17.0 Å². The molecule has 20 heavy (non-hydrogen) atoms. The van der Waals surface area contributed by atoms with Crippen molar-refractivity contribution in [1.82, 2.24) is 9.88 Å². The third-order valence-corrected chi connectivity index (χ3v) is 3.96. The van der Waals surface area contributed by atoms with Crippen molar-refractivity contribution in [2.75, 3.05) is 12.8 Å². The summed E-state index contributed by atoms with van der Waals surface area (Å²) < 4.78 is 0. The van der Waals surface area contributed by atoms with Gasteiger partial charge in [-0.05, 0) is 24.7 Å². The molecule has 4 heteroatoms. The van der Waals surface area contributed by atoms with Crippen molar-refractivity contribution in [2.45, 2.75) is 39.3 Å². The quantitative estimate of drug-likeness (QED) is 0.874. The summed E-state index contributed by atoms with van der Waals surface area (Å²) in [6.45, 7) is 8.35. The molecule has 3 nitrogen and oxygen atoms in total. The van der Waals surface area contributed by atoms with Crippen LogP contribution in [0.5, 0.6) is 0 Å².